The lowest BCUT2D eigenvalue weighted by Crippen LogP contribution is -2.51. The predicted octanol–water partition coefficient (Wildman–Crippen LogP) is 3.81. The van der Waals surface area contributed by atoms with Crippen LogP contribution in [0.5, 0.6) is 0 Å². The average Bonchev–Trinajstić information content (AvgIpc) is 3.11. The third kappa shape index (κ3) is 13.6. The zero-order valence-corrected chi connectivity index (χ0v) is 30.4. The molecule has 1 aromatic carbocycles. The maximum atomic E-state index is 13.0. The molecule has 2 atom stereocenters. The summed E-state index contributed by atoms with van der Waals surface area (Å²) >= 11 is 0. The summed E-state index contributed by atoms with van der Waals surface area (Å²) in [5.74, 6) is -1.48. The van der Waals surface area contributed by atoms with E-state index < -0.39 is 29.6 Å². The lowest BCUT2D eigenvalue weighted by molar-refractivity contribution is -0.153. The summed E-state index contributed by atoms with van der Waals surface area (Å²) in [6, 6.07) is 21.2. The molecular formula is C39H48N8O5. The molecule has 0 fully saturated rings. The van der Waals surface area contributed by atoms with Gasteiger partial charge in [0.1, 0.15) is 11.6 Å². The number of carbonyl (C=O) groups is 4. The quantitative estimate of drug-likeness (QED) is 0.119. The molecule has 0 bridgehead atoms. The monoisotopic (exact) mass is 708 g/mol. The standard InChI is InChI=1S/C39H48N8O5/c1-27(43-23-35(48)52-39(3,4)5)37(50)45-28(2)36(49)42-21-18-29-12-15-31(16-13-29)46-38(51)30-14-17-34(44-22-30)26-47(24-32-10-6-8-19-40-32)25-33-11-7-9-20-41-33/h6-17,19-20,22,27-28,43H,18,21,23-26H2,1-5H3,(H,42,49)(H,45,50)(H,46,51)/t27-,28-/m1/s1. The highest BCUT2D eigenvalue weighted by atomic mass is 16.6. The van der Waals surface area contributed by atoms with Crippen LogP contribution in [0.1, 0.15) is 67.6 Å². The van der Waals surface area contributed by atoms with Gasteiger partial charge in [0.05, 0.1) is 35.2 Å². The van der Waals surface area contributed by atoms with E-state index in [-0.39, 0.29) is 18.4 Å². The Labute approximate surface area is 305 Å². The summed E-state index contributed by atoms with van der Waals surface area (Å²) in [4.78, 5) is 65.6. The molecule has 3 aromatic heterocycles. The molecule has 0 aliphatic carbocycles. The van der Waals surface area contributed by atoms with Crippen molar-refractivity contribution in [3.05, 3.63) is 120 Å². The molecule has 0 unspecified atom stereocenters. The Balaban J connectivity index is 1.20. The zero-order chi connectivity index (χ0) is 37.5. The highest BCUT2D eigenvalue weighted by Crippen LogP contribution is 2.14. The fraction of sp³-hybridized carbons (Fsp3) is 0.359. The first-order valence-electron chi connectivity index (χ1n) is 17.3. The van der Waals surface area contributed by atoms with E-state index in [4.69, 9.17) is 4.74 Å². The van der Waals surface area contributed by atoms with Crippen molar-refractivity contribution in [1.29, 1.82) is 0 Å². The first-order chi connectivity index (χ1) is 24.8. The Hall–Kier alpha value is -5.53. The van der Waals surface area contributed by atoms with Gasteiger partial charge in [-0.25, -0.2) is 0 Å². The topological polar surface area (TPSA) is 168 Å². The molecule has 0 radical (unpaired) electrons. The number of esters is 1. The molecular weight excluding hydrogens is 660 g/mol. The number of anilines is 1. The van der Waals surface area contributed by atoms with Crippen LogP contribution in [0.25, 0.3) is 0 Å². The number of benzene rings is 1. The third-order valence-electron chi connectivity index (χ3n) is 7.74. The number of rotatable bonds is 17. The number of hydrogen-bond acceptors (Lipinski definition) is 10. The smallest absolute Gasteiger partial charge is 0.320 e. The second-order valence-corrected chi connectivity index (χ2v) is 13.4. The SMILES string of the molecule is C[C@@H](NCC(=O)OC(C)(C)C)C(=O)N[C@H](C)C(=O)NCCc1ccc(NC(=O)c2ccc(CN(Cc3ccccn3)Cc3ccccn3)nc2)cc1. The summed E-state index contributed by atoms with van der Waals surface area (Å²) in [5.41, 5.74) is 4.11. The van der Waals surface area contributed by atoms with Gasteiger partial charge in [0.2, 0.25) is 11.8 Å². The minimum Gasteiger partial charge on any atom is -0.459 e. The molecule has 4 N–H and O–H groups in total. The molecule has 0 aliphatic heterocycles. The number of amides is 3. The van der Waals surface area contributed by atoms with Crippen LogP contribution in [0.15, 0.2) is 91.4 Å². The Bertz CT molecular complexity index is 1710. The molecule has 0 saturated heterocycles. The number of hydrogen-bond donors (Lipinski definition) is 4. The Morgan fingerprint density at radius 2 is 1.37 bits per heavy atom. The first-order valence-corrected chi connectivity index (χ1v) is 17.3. The van der Waals surface area contributed by atoms with Crippen LogP contribution in [-0.4, -0.2) is 74.3 Å². The molecule has 13 nitrogen and oxygen atoms in total. The van der Waals surface area contributed by atoms with Gasteiger partial charge in [0, 0.05) is 50.5 Å². The normalized spacial score (nSPS) is 12.4. The van der Waals surface area contributed by atoms with Crippen molar-refractivity contribution in [2.75, 3.05) is 18.4 Å². The van der Waals surface area contributed by atoms with Crippen molar-refractivity contribution in [2.45, 2.75) is 78.4 Å². The van der Waals surface area contributed by atoms with Gasteiger partial charge in [-0.3, -0.25) is 44.3 Å². The molecule has 4 aromatic rings. The van der Waals surface area contributed by atoms with Crippen LogP contribution in [0, 0.1) is 0 Å². The van der Waals surface area contributed by atoms with E-state index in [1.165, 1.54) is 0 Å². The van der Waals surface area contributed by atoms with Gasteiger partial charge in [0.15, 0.2) is 0 Å². The van der Waals surface area contributed by atoms with Crippen molar-refractivity contribution in [3.63, 3.8) is 0 Å². The van der Waals surface area contributed by atoms with E-state index in [1.807, 2.05) is 54.6 Å². The average molecular weight is 709 g/mol. The fourth-order valence-corrected chi connectivity index (χ4v) is 5.04. The summed E-state index contributed by atoms with van der Waals surface area (Å²) in [5, 5.41) is 11.2. The molecule has 0 spiro atoms. The molecule has 3 heterocycles. The van der Waals surface area contributed by atoms with E-state index in [9.17, 15) is 19.2 Å². The number of ether oxygens (including phenoxy) is 1. The number of carbonyl (C=O) groups excluding carboxylic acids is 4. The highest BCUT2D eigenvalue weighted by Gasteiger charge is 2.22. The van der Waals surface area contributed by atoms with Gasteiger partial charge in [-0.15, -0.1) is 0 Å². The number of nitrogens with zero attached hydrogens (tertiary/aromatic N) is 4. The molecule has 52 heavy (non-hydrogen) atoms. The van der Waals surface area contributed by atoms with E-state index in [1.54, 1.807) is 71.4 Å². The molecule has 0 saturated carbocycles. The van der Waals surface area contributed by atoms with Gasteiger partial charge >= 0.3 is 5.97 Å². The maximum Gasteiger partial charge on any atom is 0.320 e. The molecule has 4 rings (SSSR count). The van der Waals surface area contributed by atoms with E-state index in [2.05, 4.69) is 41.1 Å². The van der Waals surface area contributed by atoms with Crippen LogP contribution < -0.4 is 21.3 Å². The number of pyridine rings is 3. The summed E-state index contributed by atoms with van der Waals surface area (Å²) < 4.78 is 5.23. The molecule has 0 aliphatic rings. The maximum absolute atomic E-state index is 13.0. The van der Waals surface area contributed by atoms with E-state index >= 15 is 0 Å². The van der Waals surface area contributed by atoms with Gasteiger partial charge in [0.25, 0.3) is 5.91 Å². The number of aromatic nitrogens is 3. The Morgan fingerprint density at radius 1 is 0.750 bits per heavy atom. The Kier molecular flexibility index (Phi) is 14.5. The minimum atomic E-state index is -0.767. The zero-order valence-electron chi connectivity index (χ0n) is 30.4. The van der Waals surface area contributed by atoms with Crippen molar-refractivity contribution in [3.8, 4) is 0 Å². The minimum absolute atomic E-state index is 0.124. The first kappa shape index (κ1) is 39.3. The van der Waals surface area contributed by atoms with Crippen LogP contribution >= 0.6 is 0 Å². The summed E-state index contributed by atoms with van der Waals surface area (Å²) in [7, 11) is 0. The number of nitrogens with one attached hydrogen (secondary N) is 4. The van der Waals surface area contributed by atoms with Crippen molar-refractivity contribution in [1.82, 2.24) is 35.8 Å². The van der Waals surface area contributed by atoms with E-state index in [0.717, 1.165) is 22.6 Å². The molecule has 13 heteroatoms. The second-order valence-electron chi connectivity index (χ2n) is 13.4. The highest BCUT2D eigenvalue weighted by molar-refractivity contribution is 6.04. The summed E-state index contributed by atoms with van der Waals surface area (Å²) in [6.07, 6.45) is 5.68. The van der Waals surface area contributed by atoms with Crippen LogP contribution in [-0.2, 0) is 45.2 Å². The second kappa shape index (κ2) is 19.2. The largest absolute Gasteiger partial charge is 0.459 e. The van der Waals surface area contributed by atoms with Crippen molar-refractivity contribution >= 4 is 29.4 Å². The predicted molar refractivity (Wildman–Crippen MR) is 198 cm³/mol. The van der Waals surface area contributed by atoms with Crippen LogP contribution in [0.4, 0.5) is 5.69 Å². The van der Waals surface area contributed by atoms with Gasteiger partial charge < -0.3 is 20.7 Å². The van der Waals surface area contributed by atoms with Crippen LogP contribution in [0.3, 0.4) is 0 Å². The van der Waals surface area contributed by atoms with Gasteiger partial charge in [-0.2, -0.15) is 0 Å². The van der Waals surface area contributed by atoms with Crippen molar-refractivity contribution in [2.24, 2.45) is 0 Å². The molecule has 274 valence electrons. The van der Waals surface area contributed by atoms with Gasteiger partial charge in [-0.1, -0.05) is 24.3 Å². The molecule has 3 amide bonds. The van der Waals surface area contributed by atoms with Crippen molar-refractivity contribution < 1.29 is 23.9 Å². The third-order valence-corrected chi connectivity index (χ3v) is 7.74. The van der Waals surface area contributed by atoms with Gasteiger partial charge in [-0.05, 0) is 95.1 Å². The lowest BCUT2D eigenvalue weighted by atomic mass is 10.1. The Morgan fingerprint density at radius 3 is 1.90 bits per heavy atom. The van der Waals surface area contributed by atoms with Crippen LogP contribution in [0.2, 0.25) is 0 Å². The van der Waals surface area contributed by atoms with E-state index in [0.29, 0.717) is 43.9 Å². The fourth-order valence-electron chi connectivity index (χ4n) is 5.04. The lowest BCUT2D eigenvalue weighted by Gasteiger charge is -2.21. The summed E-state index contributed by atoms with van der Waals surface area (Å²) in [6.45, 7) is 10.5.